The van der Waals surface area contributed by atoms with Gasteiger partial charge in [0.15, 0.2) is 5.76 Å². The van der Waals surface area contributed by atoms with Crippen LogP contribution in [0, 0.1) is 17.8 Å². The molecular weight excluding hydrogens is 334 g/mol. The van der Waals surface area contributed by atoms with Gasteiger partial charge < -0.3 is 9.52 Å². The number of carboxylic acid groups (broad SMARTS) is 1. The maximum atomic E-state index is 12.8. The van der Waals surface area contributed by atoms with Crippen LogP contribution in [0.2, 0.25) is 0 Å². The van der Waals surface area contributed by atoms with Crippen molar-refractivity contribution in [2.45, 2.75) is 17.9 Å². The van der Waals surface area contributed by atoms with Crippen molar-refractivity contribution in [1.29, 1.82) is 0 Å². The van der Waals surface area contributed by atoms with Gasteiger partial charge in [-0.2, -0.15) is 9.40 Å². The molecular formula is C15H17N3O5S. The van der Waals surface area contributed by atoms with Crippen molar-refractivity contribution in [3.05, 3.63) is 24.4 Å². The van der Waals surface area contributed by atoms with Crippen molar-refractivity contribution >= 4 is 16.0 Å². The molecule has 1 saturated heterocycles. The van der Waals surface area contributed by atoms with E-state index in [1.165, 1.54) is 10.4 Å². The van der Waals surface area contributed by atoms with E-state index in [0.29, 0.717) is 17.4 Å². The molecule has 2 aromatic heterocycles. The first-order chi connectivity index (χ1) is 11.5. The highest BCUT2D eigenvalue weighted by molar-refractivity contribution is 7.89. The highest BCUT2D eigenvalue weighted by Gasteiger charge is 2.49. The number of sulfonamides is 1. The number of rotatable bonds is 5. The van der Waals surface area contributed by atoms with E-state index >= 15 is 0 Å². The van der Waals surface area contributed by atoms with Crippen LogP contribution in [0.4, 0.5) is 0 Å². The molecule has 0 unspecified atom stereocenters. The first kappa shape index (κ1) is 15.4. The fraction of sp³-hybridized carbons (Fsp3) is 0.467. The van der Waals surface area contributed by atoms with Crippen LogP contribution in [0.25, 0.3) is 11.5 Å². The van der Waals surface area contributed by atoms with E-state index in [4.69, 9.17) is 4.42 Å². The average Bonchev–Trinajstić information content (AvgIpc) is 3.04. The van der Waals surface area contributed by atoms with Gasteiger partial charge in [-0.15, -0.1) is 0 Å². The molecule has 3 heterocycles. The molecule has 0 amide bonds. The standard InChI is InChI=1S/C15H17N3O5S/c19-15(20)11-8-18(7-10(11)9-1-2-9)24(21,22)14-4-3-13(23-14)12-5-6-16-17-12/h3-6,9-11H,1-2,7-8H2,(H,16,17)(H,19,20)/t10-,11+/m0/s1. The topological polar surface area (TPSA) is 117 Å². The predicted molar refractivity (Wildman–Crippen MR) is 82.4 cm³/mol. The number of nitrogens with zero attached hydrogens (tertiary/aromatic N) is 2. The molecule has 9 heteroatoms. The Morgan fingerprint density at radius 1 is 1.29 bits per heavy atom. The van der Waals surface area contributed by atoms with Gasteiger partial charge in [-0.3, -0.25) is 9.89 Å². The zero-order chi connectivity index (χ0) is 16.9. The van der Waals surface area contributed by atoms with Crippen LogP contribution in [0.15, 0.2) is 33.9 Å². The summed E-state index contributed by atoms with van der Waals surface area (Å²) in [5, 5.41) is 15.7. The Morgan fingerprint density at radius 3 is 2.71 bits per heavy atom. The van der Waals surface area contributed by atoms with Gasteiger partial charge in [-0.1, -0.05) is 0 Å². The van der Waals surface area contributed by atoms with Crippen LogP contribution in [-0.2, 0) is 14.8 Å². The van der Waals surface area contributed by atoms with Crippen LogP contribution >= 0.6 is 0 Å². The normalized spacial score (nSPS) is 25.2. The molecule has 0 aromatic carbocycles. The number of hydrogen-bond donors (Lipinski definition) is 2. The highest BCUT2D eigenvalue weighted by atomic mass is 32.2. The third kappa shape index (κ3) is 2.53. The van der Waals surface area contributed by atoms with Crippen molar-refractivity contribution < 1.29 is 22.7 Å². The van der Waals surface area contributed by atoms with E-state index in [1.54, 1.807) is 18.3 Å². The second kappa shape index (κ2) is 5.45. The van der Waals surface area contributed by atoms with Crippen molar-refractivity contribution in [3.63, 3.8) is 0 Å². The second-order valence-electron chi connectivity index (χ2n) is 6.36. The molecule has 1 saturated carbocycles. The summed E-state index contributed by atoms with van der Waals surface area (Å²) in [5.74, 6) is -0.988. The first-order valence-corrected chi connectivity index (χ1v) is 9.23. The predicted octanol–water partition coefficient (Wildman–Crippen LogP) is 1.40. The lowest BCUT2D eigenvalue weighted by molar-refractivity contribution is -0.142. The van der Waals surface area contributed by atoms with Crippen molar-refractivity contribution in [1.82, 2.24) is 14.5 Å². The summed E-state index contributed by atoms with van der Waals surface area (Å²) in [7, 11) is -3.84. The fourth-order valence-electron chi connectivity index (χ4n) is 3.38. The summed E-state index contributed by atoms with van der Waals surface area (Å²) < 4.78 is 32.3. The quantitative estimate of drug-likeness (QED) is 0.841. The molecule has 2 atom stereocenters. The Morgan fingerprint density at radius 2 is 2.08 bits per heavy atom. The van der Waals surface area contributed by atoms with Crippen LogP contribution in [0.1, 0.15) is 12.8 Å². The molecule has 2 aliphatic rings. The van der Waals surface area contributed by atoms with E-state index in [-0.39, 0.29) is 24.1 Å². The van der Waals surface area contributed by atoms with Gasteiger partial charge in [0.25, 0.3) is 10.0 Å². The summed E-state index contributed by atoms with van der Waals surface area (Å²) >= 11 is 0. The fourth-order valence-corrected chi connectivity index (χ4v) is 4.79. The lowest BCUT2D eigenvalue weighted by Crippen LogP contribution is -2.29. The highest BCUT2D eigenvalue weighted by Crippen LogP contribution is 2.45. The molecule has 2 aromatic rings. The van der Waals surface area contributed by atoms with Crippen LogP contribution in [0.3, 0.4) is 0 Å². The molecule has 0 spiro atoms. The van der Waals surface area contributed by atoms with Gasteiger partial charge in [0.1, 0.15) is 5.69 Å². The van der Waals surface area contributed by atoms with Crippen LogP contribution in [-0.4, -0.2) is 47.1 Å². The summed E-state index contributed by atoms with van der Waals surface area (Å²) in [6, 6.07) is 4.63. The molecule has 0 bridgehead atoms. The number of carboxylic acids is 1. The SMILES string of the molecule is O=C(O)[C@@H]1CN(S(=O)(=O)c2ccc(-c3ccn[nH]3)o2)C[C@H]1C1CC1. The molecule has 1 aliphatic heterocycles. The number of hydrogen-bond acceptors (Lipinski definition) is 5. The summed E-state index contributed by atoms with van der Waals surface area (Å²) in [4.78, 5) is 11.5. The van der Waals surface area contributed by atoms with Gasteiger partial charge in [0.05, 0.1) is 5.92 Å². The number of furan rings is 1. The Balaban J connectivity index is 1.60. The van der Waals surface area contributed by atoms with E-state index in [0.717, 1.165) is 12.8 Å². The van der Waals surface area contributed by atoms with Gasteiger partial charge in [0.2, 0.25) is 5.09 Å². The Hall–Kier alpha value is -2.13. The zero-order valence-corrected chi connectivity index (χ0v) is 13.6. The van der Waals surface area contributed by atoms with Crippen molar-refractivity contribution in [2.24, 2.45) is 17.8 Å². The molecule has 1 aliphatic carbocycles. The number of aromatic amines is 1. The zero-order valence-electron chi connectivity index (χ0n) is 12.8. The van der Waals surface area contributed by atoms with E-state index < -0.39 is 21.9 Å². The molecule has 2 N–H and O–H groups in total. The van der Waals surface area contributed by atoms with E-state index in [1.807, 2.05) is 0 Å². The lowest BCUT2D eigenvalue weighted by Gasteiger charge is -2.14. The minimum Gasteiger partial charge on any atom is -0.481 e. The van der Waals surface area contributed by atoms with Gasteiger partial charge in [-0.05, 0) is 42.9 Å². The molecule has 4 rings (SSSR count). The monoisotopic (exact) mass is 351 g/mol. The van der Waals surface area contributed by atoms with E-state index in [2.05, 4.69) is 10.2 Å². The third-order valence-corrected chi connectivity index (χ3v) is 6.52. The number of H-pyrrole nitrogens is 1. The molecule has 0 radical (unpaired) electrons. The van der Waals surface area contributed by atoms with Crippen molar-refractivity contribution in [2.75, 3.05) is 13.1 Å². The molecule has 8 nitrogen and oxygen atoms in total. The maximum absolute atomic E-state index is 12.8. The Bertz CT molecular complexity index is 854. The van der Waals surface area contributed by atoms with Crippen LogP contribution < -0.4 is 0 Å². The summed E-state index contributed by atoms with van der Waals surface area (Å²) in [6.45, 7) is 0.239. The van der Waals surface area contributed by atoms with Gasteiger partial charge in [0, 0.05) is 19.3 Å². The second-order valence-corrected chi connectivity index (χ2v) is 8.23. The average molecular weight is 351 g/mol. The minimum atomic E-state index is -3.84. The van der Waals surface area contributed by atoms with Gasteiger partial charge in [-0.25, -0.2) is 8.42 Å². The Labute approximate surface area is 138 Å². The summed E-state index contributed by atoms with van der Waals surface area (Å²) in [6.07, 6.45) is 3.50. The smallest absolute Gasteiger partial charge is 0.308 e. The number of aromatic nitrogens is 2. The van der Waals surface area contributed by atoms with Crippen LogP contribution in [0.5, 0.6) is 0 Å². The van der Waals surface area contributed by atoms with E-state index in [9.17, 15) is 18.3 Å². The first-order valence-electron chi connectivity index (χ1n) is 7.79. The molecule has 2 fully saturated rings. The number of carbonyl (C=O) groups is 1. The number of nitrogens with one attached hydrogen (secondary N) is 1. The number of aliphatic carboxylic acids is 1. The maximum Gasteiger partial charge on any atom is 0.308 e. The summed E-state index contributed by atoms with van der Waals surface area (Å²) in [5.41, 5.74) is 0.581. The van der Waals surface area contributed by atoms with Crippen molar-refractivity contribution in [3.8, 4) is 11.5 Å². The third-order valence-electron chi connectivity index (χ3n) is 4.82. The Kier molecular flexibility index (Phi) is 3.50. The lowest BCUT2D eigenvalue weighted by atomic mass is 9.92. The largest absolute Gasteiger partial charge is 0.481 e. The minimum absolute atomic E-state index is 0.00107. The van der Waals surface area contributed by atoms with Gasteiger partial charge >= 0.3 is 5.97 Å². The molecule has 128 valence electrons. The molecule has 24 heavy (non-hydrogen) atoms.